The number of carbonyl (C=O) groups is 1. The Morgan fingerprint density at radius 3 is 2.73 bits per heavy atom. The van der Waals surface area contributed by atoms with Crippen LogP contribution < -0.4 is 4.74 Å². The molecular weight excluding hydrogens is 380 g/mol. The van der Waals surface area contributed by atoms with E-state index in [9.17, 15) is 9.90 Å². The molecule has 1 N–H and O–H groups in total. The number of phenols is 1. The van der Waals surface area contributed by atoms with Crippen LogP contribution in [0.1, 0.15) is 64.9 Å². The van der Waals surface area contributed by atoms with E-state index in [-0.39, 0.29) is 17.4 Å². The topological polar surface area (TPSA) is 62.2 Å². The molecule has 0 unspecified atom stereocenters. The Balaban J connectivity index is 1.45. The van der Waals surface area contributed by atoms with Crippen LogP contribution in [0.25, 0.3) is 0 Å². The lowest BCUT2D eigenvalue weighted by Gasteiger charge is -2.51. The Bertz CT molecular complexity index is 762. The summed E-state index contributed by atoms with van der Waals surface area (Å²) in [5.74, 6) is 1.09. The van der Waals surface area contributed by atoms with E-state index in [0.29, 0.717) is 30.2 Å². The second-order valence-corrected chi connectivity index (χ2v) is 9.57. The minimum absolute atomic E-state index is 0.0237. The molecule has 3 fully saturated rings. The number of carbonyl (C=O) groups excluding carboxylic acids is 1. The Morgan fingerprint density at radius 1 is 1.27 bits per heavy atom. The number of benzene rings is 1. The summed E-state index contributed by atoms with van der Waals surface area (Å²) in [6.45, 7) is 9.57. The standard InChI is InChI=1S/C24H36N2O4/c1-17(2)30-22-14-19(4-5-21(22)27)16-25-11-10-24(15-18(25)3)9-6-23(28)26(24)20-7-12-29-13-8-20/h4-5,14,17-18,20,27H,6-13,15-16H2,1-3H3/t18-,24+/m0/s1. The maximum atomic E-state index is 12.8. The van der Waals surface area contributed by atoms with Gasteiger partial charge in [0, 0.05) is 50.3 Å². The number of piperidine rings is 1. The number of ether oxygens (including phenoxy) is 2. The van der Waals surface area contributed by atoms with Gasteiger partial charge in [0.1, 0.15) is 0 Å². The molecule has 0 aromatic heterocycles. The molecule has 3 aliphatic heterocycles. The van der Waals surface area contributed by atoms with Gasteiger partial charge >= 0.3 is 0 Å². The van der Waals surface area contributed by atoms with Crippen LogP contribution >= 0.6 is 0 Å². The van der Waals surface area contributed by atoms with Crippen molar-refractivity contribution in [3.63, 3.8) is 0 Å². The Labute approximate surface area is 180 Å². The van der Waals surface area contributed by atoms with Crippen molar-refractivity contribution in [1.29, 1.82) is 0 Å². The SMILES string of the molecule is CC(C)Oc1cc(CN2CC[C@]3(CCC(=O)N3C3CCOCC3)C[C@@H]2C)ccc1O. The van der Waals surface area contributed by atoms with Crippen LogP contribution in [0.5, 0.6) is 11.5 Å². The van der Waals surface area contributed by atoms with Gasteiger partial charge in [-0.3, -0.25) is 9.69 Å². The number of likely N-dealkylation sites (tertiary alicyclic amines) is 2. The minimum Gasteiger partial charge on any atom is -0.504 e. The molecule has 3 saturated heterocycles. The number of amides is 1. The Kier molecular flexibility index (Phi) is 6.26. The molecular formula is C24H36N2O4. The van der Waals surface area contributed by atoms with Gasteiger partial charge < -0.3 is 19.5 Å². The van der Waals surface area contributed by atoms with Gasteiger partial charge in [0.2, 0.25) is 5.91 Å². The van der Waals surface area contributed by atoms with Gasteiger partial charge in [-0.2, -0.15) is 0 Å². The highest BCUT2D eigenvalue weighted by Gasteiger charge is 2.51. The van der Waals surface area contributed by atoms with Crippen molar-refractivity contribution in [2.75, 3.05) is 19.8 Å². The average Bonchev–Trinajstić information content (AvgIpc) is 3.02. The van der Waals surface area contributed by atoms with E-state index >= 15 is 0 Å². The van der Waals surface area contributed by atoms with Crippen LogP contribution in [0.4, 0.5) is 0 Å². The fourth-order valence-electron chi connectivity index (χ4n) is 5.65. The van der Waals surface area contributed by atoms with Gasteiger partial charge in [0.05, 0.1) is 6.10 Å². The van der Waals surface area contributed by atoms with Crippen molar-refractivity contribution in [1.82, 2.24) is 9.80 Å². The summed E-state index contributed by atoms with van der Waals surface area (Å²) in [5, 5.41) is 10.1. The largest absolute Gasteiger partial charge is 0.504 e. The Hall–Kier alpha value is -1.79. The predicted octanol–water partition coefficient (Wildman–Crippen LogP) is 3.70. The van der Waals surface area contributed by atoms with Gasteiger partial charge in [-0.15, -0.1) is 0 Å². The van der Waals surface area contributed by atoms with Gasteiger partial charge in [-0.25, -0.2) is 0 Å². The lowest BCUT2D eigenvalue weighted by molar-refractivity contribution is -0.139. The average molecular weight is 417 g/mol. The summed E-state index contributed by atoms with van der Waals surface area (Å²) in [5.41, 5.74) is 1.17. The zero-order chi connectivity index (χ0) is 21.3. The molecule has 1 amide bonds. The van der Waals surface area contributed by atoms with Crippen molar-refractivity contribution < 1.29 is 19.4 Å². The molecule has 6 heteroatoms. The molecule has 4 rings (SSSR count). The monoisotopic (exact) mass is 416 g/mol. The Morgan fingerprint density at radius 2 is 2.03 bits per heavy atom. The van der Waals surface area contributed by atoms with Crippen LogP contribution in [-0.4, -0.2) is 64.3 Å². The quantitative estimate of drug-likeness (QED) is 0.793. The fourth-order valence-corrected chi connectivity index (χ4v) is 5.65. The highest BCUT2D eigenvalue weighted by Crippen LogP contribution is 2.44. The number of hydrogen-bond donors (Lipinski definition) is 1. The van der Waals surface area contributed by atoms with Crippen molar-refractivity contribution in [2.24, 2.45) is 0 Å². The van der Waals surface area contributed by atoms with Crippen LogP contribution in [-0.2, 0) is 16.1 Å². The molecule has 0 bridgehead atoms. The summed E-state index contributed by atoms with van der Waals surface area (Å²) < 4.78 is 11.3. The van der Waals surface area contributed by atoms with E-state index in [0.717, 1.165) is 64.0 Å². The summed E-state index contributed by atoms with van der Waals surface area (Å²) >= 11 is 0. The molecule has 0 radical (unpaired) electrons. The number of phenolic OH excluding ortho intramolecular Hbond substituents is 1. The smallest absolute Gasteiger partial charge is 0.223 e. The van der Waals surface area contributed by atoms with Crippen molar-refractivity contribution >= 4 is 5.91 Å². The number of rotatable bonds is 5. The molecule has 30 heavy (non-hydrogen) atoms. The summed E-state index contributed by atoms with van der Waals surface area (Å²) in [7, 11) is 0. The first-order chi connectivity index (χ1) is 14.4. The maximum absolute atomic E-state index is 12.8. The zero-order valence-electron chi connectivity index (χ0n) is 18.6. The first kappa shape index (κ1) is 21.4. The second kappa shape index (κ2) is 8.75. The second-order valence-electron chi connectivity index (χ2n) is 9.57. The van der Waals surface area contributed by atoms with Crippen molar-refractivity contribution in [3.05, 3.63) is 23.8 Å². The van der Waals surface area contributed by atoms with E-state index in [1.165, 1.54) is 0 Å². The zero-order valence-corrected chi connectivity index (χ0v) is 18.6. The highest BCUT2D eigenvalue weighted by molar-refractivity contribution is 5.80. The molecule has 2 atom stereocenters. The molecule has 0 saturated carbocycles. The summed E-state index contributed by atoms with van der Waals surface area (Å²) in [6.07, 6.45) is 5.72. The molecule has 0 aliphatic carbocycles. The van der Waals surface area contributed by atoms with E-state index in [4.69, 9.17) is 9.47 Å². The first-order valence-electron chi connectivity index (χ1n) is 11.5. The molecule has 1 spiro atoms. The summed E-state index contributed by atoms with van der Waals surface area (Å²) in [4.78, 5) is 17.6. The van der Waals surface area contributed by atoms with Crippen molar-refractivity contribution in [3.8, 4) is 11.5 Å². The molecule has 6 nitrogen and oxygen atoms in total. The molecule has 3 aliphatic rings. The van der Waals surface area contributed by atoms with Gasteiger partial charge in [-0.1, -0.05) is 6.07 Å². The van der Waals surface area contributed by atoms with Gasteiger partial charge in [0.25, 0.3) is 0 Å². The van der Waals surface area contributed by atoms with Crippen LogP contribution in [0.15, 0.2) is 18.2 Å². The first-order valence-corrected chi connectivity index (χ1v) is 11.5. The fraction of sp³-hybridized carbons (Fsp3) is 0.708. The van der Waals surface area contributed by atoms with Gasteiger partial charge in [0.15, 0.2) is 11.5 Å². The molecule has 166 valence electrons. The highest BCUT2D eigenvalue weighted by atomic mass is 16.5. The van der Waals surface area contributed by atoms with E-state index in [1.807, 2.05) is 26.0 Å². The minimum atomic E-state index is 0.0237. The number of hydrogen-bond acceptors (Lipinski definition) is 5. The van der Waals surface area contributed by atoms with Crippen LogP contribution in [0, 0.1) is 0 Å². The van der Waals surface area contributed by atoms with Gasteiger partial charge in [-0.05, 0) is 70.6 Å². The predicted molar refractivity (Wildman–Crippen MR) is 116 cm³/mol. The third-order valence-corrected chi connectivity index (χ3v) is 7.08. The lowest BCUT2D eigenvalue weighted by atomic mass is 9.80. The molecule has 1 aromatic carbocycles. The van der Waals surface area contributed by atoms with E-state index < -0.39 is 0 Å². The normalized spacial score (nSPS) is 28.6. The van der Waals surface area contributed by atoms with E-state index in [2.05, 4.69) is 16.7 Å². The lowest BCUT2D eigenvalue weighted by Crippen LogP contribution is -2.59. The third-order valence-electron chi connectivity index (χ3n) is 7.08. The summed E-state index contributed by atoms with van der Waals surface area (Å²) in [6, 6.07) is 6.41. The van der Waals surface area contributed by atoms with E-state index in [1.54, 1.807) is 6.07 Å². The maximum Gasteiger partial charge on any atom is 0.223 e. The molecule has 3 heterocycles. The number of aromatic hydroxyl groups is 1. The van der Waals surface area contributed by atoms with Crippen molar-refractivity contribution in [2.45, 2.75) is 89.6 Å². The van der Waals surface area contributed by atoms with Crippen LogP contribution in [0.3, 0.4) is 0 Å². The molecule has 1 aromatic rings. The number of nitrogens with zero attached hydrogens (tertiary/aromatic N) is 2. The van der Waals surface area contributed by atoms with Crippen LogP contribution in [0.2, 0.25) is 0 Å². The third kappa shape index (κ3) is 4.30.